The lowest BCUT2D eigenvalue weighted by Crippen LogP contribution is -2.66. The Morgan fingerprint density at radius 1 is 1.12 bits per heavy atom. The highest BCUT2D eigenvalue weighted by Gasteiger charge is 2.63. The summed E-state index contributed by atoms with van der Waals surface area (Å²) in [5, 5.41) is 15.9. The first-order valence-electron chi connectivity index (χ1n) is 15.1. The standard InChI is InChI=1S/C28H47N7O6Si2/c1-15(2)42(16(3)4)38-13-20-25(40-43(41-42,17(5)6)18(7)8)24(36)23(35(20)27(37)39-28(9,10)11)19-12-30-22-21(19)31-14-32-26(22)33-34-29/h12,14-18,20,23-25,30,36H,13H2,1-11H3/t20-,23+,24+,25-/m1/s1. The third-order valence-electron chi connectivity index (χ3n) is 8.57. The molecule has 4 rings (SSSR count). The van der Waals surface area contributed by atoms with Crippen molar-refractivity contribution in [1.82, 2.24) is 19.9 Å². The molecule has 2 saturated heterocycles. The fourth-order valence-corrected chi connectivity index (χ4v) is 17.8. The molecule has 0 aliphatic carbocycles. The summed E-state index contributed by atoms with van der Waals surface area (Å²) < 4.78 is 27.4. The molecule has 0 aromatic carbocycles. The Hall–Kier alpha value is -2.53. The summed E-state index contributed by atoms with van der Waals surface area (Å²) in [4.78, 5) is 30.1. The van der Waals surface area contributed by atoms with E-state index < -0.39 is 53.1 Å². The smallest absolute Gasteiger partial charge is 0.411 e. The highest BCUT2D eigenvalue weighted by atomic mass is 28.5. The maximum atomic E-state index is 14.1. The number of ether oxygens (including phenoxy) is 1. The third kappa shape index (κ3) is 5.83. The van der Waals surface area contributed by atoms with Crippen molar-refractivity contribution in [1.29, 1.82) is 0 Å². The van der Waals surface area contributed by atoms with Gasteiger partial charge in [0.25, 0.3) is 0 Å². The van der Waals surface area contributed by atoms with Crippen LogP contribution in [-0.4, -0.2) is 78.6 Å². The number of H-pyrrole nitrogens is 1. The van der Waals surface area contributed by atoms with Crippen LogP contribution in [0, 0.1) is 0 Å². The van der Waals surface area contributed by atoms with E-state index in [1.54, 1.807) is 31.9 Å². The van der Waals surface area contributed by atoms with Crippen LogP contribution in [0.5, 0.6) is 0 Å². The molecule has 2 fully saturated rings. The average molecular weight is 634 g/mol. The molecule has 2 aliphatic heterocycles. The van der Waals surface area contributed by atoms with Crippen LogP contribution in [0.15, 0.2) is 17.6 Å². The summed E-state index contributed by atoms with van der Waals surface area (Å²) in [6.45, 7) is 22.5. The summed E-state index contributed by atoms with van der Waals surface area (Å²) >= 11 is 0. The molecule has 0 bridgehead atoms. The largest absolute Gasteiger partial charge is 0.444 e. The van der Waals surface area contributed by atoms with Crippen molar-refractivity contribution in [2.24, 2.45) is 5.11 Å². The molecule has 43 heavy (non-hydrogen) atoms. The van der Waals surface area contributed by atoms with Gasteiger partial charge < -0.3 is 27.8 Å². The number of hydrogen-bond acceptors (Lipinski definition) is 9. The molecule has 4 heterocycles. The molecule has 2 aliphatic rings. The third-order valence-corrected chi connectivity index (χ3v) is 18.8. The topological polar surface area (TPSA) is 168 Å². The molecule has 0 unspecified atom stereocenters. The monoisotopic (exact) mass is 633 g/mol. The molecule has 0 radical (unpaired) electrons. The van der Waals surface area contributed by atoms with Gasteiger partial charge in [0, 0.05) is 16.7 Å². The minimum absolute atomic E-state index is 0.0349. The van der Waals surface area contributed by atoms with Gasteiger partial charge in [-0.1, -0.05) is 55.4 Å². The zero-order chi connectivity index (χ0) is 32.1. The van der Waals surface area contributed by atoms with Gasteiger partial charge in [-0.25, -0.2) is 14.8 Å². The van der Waals surface area contributed by atoms with Crippen LogP contribution in [0.3, 0.4) is 0 Å². The van der Waals surface area contributed by atoms with E-state index in [1.165, 1.54) is 6.33 Å². The van der Waals surface area contributed by atoms with Crippen LogP contribution in [0.2, 0.25) is 22.2 Å². The first kappa shape index (κ1) is 33.4. The Morgan fingerprint density at radius 3 is 2.26 bits per heavy atom. The molecule has 1 amide bonds. The van der Waals surface area contributed by atoms with Crippen molar-refractivity contribution in [3.05, 3.63) is 28.5 Å². The first-order chi connectivity index (χ1) is 20.0. The summed E-state index contributed by atoms with van der Waals surface area (Å²) in [6.07, 6.45) is 0.370. The number of carbonyl (C=O) groups is 1. The SMILES string of the molecule is CC(C)[Si]1(C(C)C)OC[C@@H]2[C@@H](O[Si](C(C)C)(C(C)C)O1)[C@@H](O)[C@H](c1c[nH]c3c(N=[N+]=[N-])ncnc13)N2C(=O)OC(C)(C)C. The second-order valence-corrected chi connectivity index (χ2v) is 22.6. The van der Waals surface area contributed by atoms with E-state index in [2.05, 4.69) is 80.4 Å². The van der Waals surface area contributed by atoms with Crippen LogP contribution < -0.4 is 0 Å². The average Bonchev–Trinajstić information content (AvgIpc) is 3.41. The number of hydrogen-bond donors (Lipinski definition) is 2. The molecular formula is C28H47N7O6Si2. The van der Waals surface area contributed by atoms with Crippen LogP contribution in [-0.2, 0) is 17.7 Å². The number of aromatic amines is 1. The summed E-state index contributed by atoms with van der Waals surface area (Å²) in [6, 6.07) is -1.58. The Kier molecular flexibility index (Phi) is 9.39. The number of fused-ring (bicyclic) bond motifs is 2. The predicted octanol–water partition coefficient (Wildman–Crippen LogP) is 6.88. The van der Waals surface area contributed by atoms with Gasteiger partial charge in [-0.2, -0.15) is 0 Å². The van der Waals surface area contributed by atoms with Crippen LogP contribution in [0.25, 0.3) is 21.5 Å². The number of rotatable bonds is 6. The summed E-state index contributed by atoms with van der Waals surface area (Å²) in [7, 11) is -6.02. The Morgan fingerprint density at radius 2 is 1.72 bits per heavy atom. The zero-order valence-electron chi connectivity index (χ0n) is 27.2. The fourth-order valence-electron chi connectivity index (χ4n) is 6.59. The highest BCUT2D eigenvalue weighted by molar-refractivity contribution is 6.84. The second kappa shape index (κ2) is 12.1. The molecule has 2 aromatic rings. The predicted molar refractivity (Wildman–Crippen MR) is 167 cm³/mol. The molecule has 2 aromatic heterocycles. The van der Waals surface area contributed by atoms with Gasteiger partial charge >= 0.3 is 23.2 Å². The number of amides is 1. The number of aliphatic hydroxyl groups excluding tert-OH is 1. The Balaban J connectivity index is 1.95. The van der Waals surface area contributed by atoms with E-state index in [0.29, 0.717) is 16.6 Å². The number of nitrogens with one attached hydrogen (secondary N) is 1. The Labute approximate surface area is 255 Å². The molecule has 2 N–H and O–H groups in total. The summed E-state index contributed by atoms with van der Waals surface area (Å²) in [5.41, 5.74) is 9.90. The number of nitrogens with zero attached hydrogens (tertiary/aromatic N) is 6. The second-order valence-electron chi connectivity index (χ2n) is 13.8. The Bertz CT molecular complexity index is 1360. The van der Waals surface area contributed by atoms with E-state index in [1.807, 2.05) is 0 Å². The van der Waals surface area contributed by atoms with Crippen LogP contribution in [0.1, 0.15) is 87.8 Å². The molecule has 15 heteroatoms. The van der Waals surface area contributed by atoms with Crippen LogP contribution >= 0.6 is 0 Å². The quantitative estimate of drug-likeness (QED) is 0.150. The normalized spacial score (nSPS) is 25.6. The lowest BCUT2D eigenvalue weighted by molar-refractivity contribution is -0.0154. The van der Waals surface area contributed by atoms with Crippen molar-refractivity contribution < 1.29 is 27.6 Å². The van der Waals surface area contributed by atoms with E-state index in [0.717, 1.165) is 0 Å². The van der Waals surface area contributed by atoms with Crippen molar-refractivity contribution in [3.8, 4) is 0 Å². The van der Waals surface area contributed by atoms with Gasteiger partial charge in [0.1, 0.15) is 18.0 Å². The lowest BCUT2D eigenvalue weighted by atomic mass is 10.0. The highest BCUT2D eigenvalue weighted by Crippen LogP contribution is 2.50. The van der Waals surface area contributed by atoms with Gasteiger partial charge in [0.2, 0.25) is 0 Å². The van der Waals surface area contributed by atoms with Gasteiger partial charge in [0.05, 0.1) is 35.8 Å². The molecular weight excluding hydrogens is 587 g/mol. The molecule has 0 saturated carbocycles. The van der Waals surface area contributed by atoms with Gasteiger partial charge in [-0.05, 0) is 53.6 Å². The summed E-state index contributed by atoms with van der Waals surface area (Å²) in [5.74, 6) is 0.116. The van der Waals surface area contributed by atoms with E-state index in [4.69, 9.17) is 23.2 Å². The minimum Gasteiger partial charge on any atom is -0.444 e. The van der Waals surface area contributed by atoms with Gasteiger partial charge in [-0.15, -0.1) is 0 Å². The van der Waals surface area contributed by atoms with Gasteiger partial charge in [0.15, 0.2) is 5.82 Å². The van der Waals surface area contributed by atoms with Crippen LogP contribution in [0.4, 0.5) is 10.6 Å². The van der Waals surface area contributed by atoms with Crippen molar-refractivity contribution in [3.63, 3.8) is 0 Å². The fraction of sp³-hybridized carbons (Fsp3) is 0.750. The van der Waals surface area contributed by atoms with Gasteiger partial charge in [-0.3, -0.25) is 4.90 Å². The maximum absolute atomic E-state index is 14.1. The molecule has 0 spiro atoms. The van der Waals surface area contributed by atoms with E-state index in [-0.39, 0.29) is 34.6 Å². The molecule has 4 atom stereocenters. The van der Waals surface area contributed by atoms with Crippen molar-refractivity contribution in [2.45, 2.75) is 128 Å². The number of aromatic nitrogens is 3. The first-order valence-corrected chi connectivity index (χ1v) is 19.0. The molecule has 13 nitrogen and oxygen atoms in total. The maximum Gasteiger partial charge on any atom is 0.411 e. The number of likely N-dealkylation sites (tertiary alicyclic amines) is 1. The number of azide groups is 1. The van der Waals surface area contributed by atoms with E-state index in [9.17, 15) is 9.90 Å². The van der Waals surface area contributed by atoms with Crippen molar-refractivity contribution in [2.75, 3.05) is 6.61 Å². The number of aliphatic hydroxyl groups is 1. The molecule has 238 valence electrons. The number of carbonyl (C=O) groups excluding carboxylic acids is 1. The lowest BCUT2D eigenvalue weighted by Gasteiger charge is -2.51. The van der Waals surface area contributed by atoms with E-state index >= 15 is 0 Å². The minimum atomic E-state index is -3.10. The zero-order valence-corrected chi connectivity index (χ0v) is 29.2. The van der Waals surface area contributed by atoms with Crippen molar-refractivity contribution >= 4 is 40.1 Å².